The van der Waals surface area contributed by atoms with E-state index in [1.165, 1.54) is 0 Å². The second-order valence-corrected chi connectivity index (χ2v) is 8.67. The zero-order valence-electron chi connectivity index (χ0n) is 18.3. The monoisotopic (exact) mass is 432 g/mol. The second-order valence-electron chi connectivity index (χ2n) is 8.67. The van der Waals surface area contributed by atoms with Crippen LogP contribution in [0.1, 0.15) is 42.1 Å². The lowest BCUT2D eigenvalue weighted by molar-refractivity contribution is -0.133. The van der Waals surface area contributed by atoms with Gasteiger partial charge in [0.2, 0.25) is 5.91 Å². The summed E-state index contributed by atoms with van der Waals surface area (Å²) in [5, 5.41) is 8.57. The number of hydrogen-bond donors (Lipinski definition) is 0. The molecule has 7 nitrogen and oxygen atoms in total. The Hall–Kier alpha value is -3.19. The predicted molar refractivity (Wildman–Crippen MR) is 119 cm³/mol. The lowest BCUT2D eigenvalue weighted by Crippen LogP contribution is -2.38. The number of hydrogen-bond acceptors (Lipinski definition) is 5. The van der Waals surface area contributed by atoms with Crippen LogP contribution < -0.4 is 4.74 Å². The van der Waals surface area contributed by atoms with Crippen LogP contribution in [-0.2, 0) is 28.2 Å². The summed E-state index contributed by atoms with van der Waals surface area (Å²) >= 11 is 0. The highest BCUT2D eigenvalue weighted by molar-refractivity contribution is 5.91. The summed E-state index contributed by atoms with van der Waals surface area (Å²) in [5.41, 5.74) is 2.67. The molecule has 166 valence electrons. The van der Waals surface area contributed by atoms with Crippen molar-refractivity contribution in [2.24, 2.45) is 0 Å². The molecule has 2 fully saturated rings. The van der Waals surface area contributed by atoms with Crippen LogP contribution in [-0.4, -0.2) is 46.0 Å². The number of benzene rings is 2. The van der Waals surface area contributed by atoms with Crippen molar-refractivity contribution in [2.75, 3.05) is 20.2 Å². The molecule has 32 heavy (non-hydrogen) atoms. The van der Waals surface area contributed by atoms with E-state index in [0.717, 1.165) is 48.4 Å². The third-order valence-electron chi connectivity index (χ3n) is 6.55. The number of aromatic nitrogens is 3. The fourth-order valence-corrected chi connectivity index (χ4v) is 4.51. The maximum absolute atomic E-state index is 13.4. The van der Waals surface area contributed by atoms with Gasteiger partial charge in [-0.15, -0.1) is 5.10 Å². The van der Waals surface area contributed by atoms with E-state index in [2.05, 4.69) is 10.3 Å². The van der Waals surface area contributed by atoms with Crippen molar-refractivity contribution in [3.63, 3.8) is 0 Å². The first-order valence-corrected chi connectivity index (χ1v) is 11.1. The molecule has 0 radical (unpaired) electrons. The van der Waals surface area contributed by atoms with Gasteiger partial charge in [-0.05, 0) is 42.5 Å². The predicted octanol–water partition coefficient (Wildman–Crippen LogP) is 3.51. The van der Waals surface area contributed by atoms with Gasteiger partial charge in [-0.25, -0.2) is 4.68 Å². The number of carbonyl (C=O) groups is 1. The number of rotatable bonds is 8. The molecule has 7 heteroatoms. The van der Waals surface area contributed by atoms with Crippen LogP contribution in [0.5, 0.6) is 5.75 Å². The van der Waals surface area contributed by atoms with E-state index in [4.69, 9.17) is 9.47 Å². The Morgan fingerprint density at radius 3 is 2.59 bits per heavy atom. The highest BCUT2D eigenvalue weighted by atomic mass is 16.5. The first-order valence-electron chi connectivity index (χ1n) is 11.1. The topological polar surface area (TPSA) is 69.5 Å². The molecule has 0 bridgehead atoms. The molecule has 5 rings (SSSR count). The summed E-state index contributed by atoms with van der Waals surface area (Å²) in [4.78, 5) is 15.4. The van der Waals surface area contributed by atoms with Crippen molar-refractivity contribution in [3.8, 4) is 5.75 Å². The van der Waals surface area contributed by atoms with Gasteiger partial charge in [0.25, 0.3) is 0 Å². The summed E-state index contributed by atoms with van der Waals surface area (Å²) in [6.07, 6.45) is 4.65. The van der Waals surface area contributed by atoms with Gasteiger partial charge < -0.3 is 14.4 Å². The Balaban J connectivity index is 1.17. The third-order valence-corrected chi connectivity index (χ3v) is 6.55. The van der Waals surface area contributed by atoms with E-state index in [0.29, 0.717) is 19.8 Å². The van der Waals surface area contributed by atoms with Crippen LogP contribution in [0, 0.1) is 0 Å². The highest BCUT2D eigenvalue weighted by Crippen LogP contribution is 2.50. The summed E-state index contributed by atoms with van der Waals surface area (Å²) < 4.78 is 12.9. The molecule has 1 saturated carbocycles. The minimum atomic E-state index is -0.361. The second kappa shape index (κ2) is 8.74. The van der Waals surface area contributed by atoms with Crippen LogP contribution in [0.15, 0.2) is 60.8 Å². The van der Waals surface area contributed by atoms with Crippen molar-refractivity contribution in [2.45, 2.75) is 43.9 Å². The molecule has 0 spiro atoms. The fraction of sp³-hybridized carbons (Fsp3) is 0.400. The Bertz CT molecular complexity index is 1060. The summed E-state index contributed by atoms with van der Waals surface area (Å²) in [6.45, 7) is 2.39. The molecule has 2 aromatic carbocycles. The van der Waals surface area contributed by atoms with E-state index in [9.17, 15) is 4.79 Å². The minimum absolute atomic E-state index is 0.154. The van der Waals surface area contributed by atoms with Crippen LogP contribution in [0.4, 0.5) is 0 Å². The highest BCUT2D eigenvalue weighted by Gasteiger charge is 2.53. The largest absolute Gasteiger partial charge is 0.497 e. The third kappa shape index (κ3) is 4.12. The summed E-state index contributed by atoms with van der Waals surface area (Å²) in [5.74, 6) is 1.05. The summed E-state index contributed by atoms with van der Waals surface area (Å²) in [6, 6.07) is 18.2. The average molecular weight is 433 g/mol. The van der Waals surface area contributed by atoms with Crippen molar-refractivity contribution in [1.82, 2.24) is 19.9 Å². The SMILES string of the molecule is COc1ccc(C2(C(=O)N3CCC(n4cc(COCc5ccccc5)nn4)C3)CC2)cc1. The molecule has 1 aliphatic carbocycles. The maximum Gasteiger partial charge on any atom is 0.233 e. The molecule has 2 aliphatic rings. The zero-order valence-corrected chi connectivity index (χ0v) is 18.3. The number of nitrogens with zero attached hydrogens (tertiary/aromatic N) is 4. The Morgan fingerprint density at radius 1 is 1.09 bits per heavy atom. The van der Waals surface area contributed by atoms with Gasteiger partial charge in [-0.2, -0.15) is 0 Å². The number of methoxy groups -OCH3 is 1. The van der Waals surface area contributed by atoms with E-state index in [1.54, 1.807) is 7.11 Å². The molecule has 1 amide bonds. The molecule has 1 atom stereocenters. The smallest absolute Gasteiger partial charge is 0.233 e. The lowest BCUT2D eigenvalue weighted by atomic mass is 9.94. The number of ether oxygens (including phenoxy) is 2. The normalized spacial score (nSPS) is 19.2. The lowest BCUT2D eigenvalue weighted by Gasteiger charge is -2.23. The van der Waals surface area contributed by atoms with Crippen molar-refractivity contribution >= 4 is 5.91 Å². The van der Waals surface area contributed by atoms with E-state index < -0.39 is 0 Å². The van der Waals surface area contributed by atoms with Crippen LogP contribution in [0.3, 0.4) is 0 Å². The van der Waals surface area contributed by atoms with E-state index in [1.807, 2.05) is 70.4 Å². The zero-order chi connectivity index (χ0) is 22.0. The number of amides is 1. The van der Waals surface area contributed by atoms with Gasteiger partial charge in [0, 0.05) is 13.1 Å². The molecule has 2 heterocycles. The first-order chi connectivity index (χ1) is 15.7. The van der Waals surface area contributed by atoms with E-state index >= 15 is 0 Å². The number of likely N-dealkylation sites (tertiary alicyclic amines) is 1. The Morgan fingerprint density at radius 2 is 1.88 bits per heavy atom. The van der Waals surface area contributed by atoms with Crippen LogP contribution in [0.25, 0.3) is 0 Å². The van der Waals surface area contributed by atoms with E-state index in [-0.39, 0.29) is 17.4 Å². The summed E-state index contributed by atoms with van der Waals surface area (Å²) in [7, 11) is 1.66. The Labute approximate surface area is 187 Å². The molecule has 1 saturated heterocycles. The standard InChI is InChI=1S/C25H28N4O3/c1-31-23-9-7-20(8-10-23)25(12-13-25)24(30)28-14-11-22(16-28)29-15-21(26-27-29)18-32-17-19-5-3-2-4-6-19/h2-10,15,22H,11-14,16-18H2,1H3. The molecular formula is C25H28N4O3. The first kappa shape index (κ1) is 20.7. The van der Waals surface area contributed by atoms with Crippen LogP contribution >= 0.6 is 0 Å². The fourth-order valence-electron chi connectivity index (χ4n) is 4.51. The molecule has 1 aromatic heterocycles. The minimum Gasteiger partial charge on any atom is -0.497 e. The quantitative estimate of drug-likeness (QED) is 0.545. The van der Waals surface area contributed by atoms with Gasteiger partial charge in [0.05, 0.1) is 38.0 Å². The van der Waals surface area contributed by atoms with Crippen molar-refractivity contribution in [1.29, 1.82) is 0 Å². The van der Waals surface area contributed by atoms with Gasteiger partial charge in [0.1, 0.15) is 11.4 Å². The van der Waals surface area contributed by atoms with Crippen LogP contribution in [0.2, 0.25) is 0 Å². The van der Waals surface area contributed by atoms with Gasteiger partial charge in [0.15, 0.2) is 0 Å². The van der Waals surface area contributed by atoms with Crippen molar-refractivity contribution in [3.05, 3.63) is 77.6 Å². The van der Waals surface area contributed by atoms with Gasteiger partial charge in [-0.1, -0.05) is 47.7 Å². The average Bonchev–Trinajstić information content (AvgIpc) is 3.26. The molecule has 0 N–H and O–H groups in total. The number of carbonyl (C=O) groups excluding carboxylic acids is 1. The Kier molecular flexibility index (Phi) is 5.66. The van der Waals surface area contributed by atoms with Gasteiger partial charge >= 0.3 is 0 Å². The molecule has 1 unspecified atom stereocenters. The van der Waals surface area contributed by atoms with Crippen molar-refractivity contribution < 1.29 is 14.3 Å². The van der Waals surface area contributed by atoms with Gasteiger partial charge in [-0.3, -0.25) is 4.79 Å². The molecule has 1 aliphatic heterocycles. The molecule has 3 aromatic rings. The molecular weight excluding hydrogens is 404 g/mol. The maximum atomic E-state index is 13.4.